The molecule has 106 valence electrons. The molecule has 1 fully saturated rings. The number of likely N-dealkylation sites (N-methyl/N-ethyl adjacent to an activating group) is 1. The summed E-state index contributed by atoms with van der Waals surface area (Å²) >= 11 is 0. The minimum Gasteiger partial charge on any atom is -0.475 e. The highest BCUT2D eigenvalue weighted by Gasteiger charge is 2.35. The van der Waals surface area contributed by atoms with E-state index in [0.717, 1.165) is 6.07 Å². The minimum absolute atomic E-state index is 0.179. The van der Waals surface area contributed by atoms with Crippen LogP contribution >= 0.6 is 0 Å². The molecule has 2 heterocycles. The van der Waals surface area contributed by atoms with Gasteiger partial charge in [-0.3, -0.25) is 0 Å². The van der Waals surface area contributed by atoms with Crippen molar-refractivity contribution >= 4 is 16.0 Å². The van der Waals surface area contributed by atoms with Gasteiger partial charge in [0, 0.05) is 25.7 Å². The second kappa shape index (κ2) is 4.95. The number of nitrogens with zero attached hydrogens (tertiary/aromatic N) is 2. The van der Waals surface area contributed by atoms with Crippen LogP contribution in [-0.2, 0) is 10.0 Å². The Morgan fingerprint density at radius 1 is 1.42 bits per heavy atom. The van der Waals surface area contributed by atoms with Gasteiger partial charge in [0.15, 0.2) is 0 Å². The van der Waals surface area contributed by atoms with Crippen LogP contribution < -0.4 is 0 Å². The molecule has 0 aliphatic carbocycles. The van der Waals surface area contributed by atoms with Gasteiger partial charge in [0.2, 0.25) is 10.9 Å². The molecule has 0 bridgehead atoms. The molecule has 1 aliphatic rings. The molecule has 1 N–H and O–H groups in total. The summed E-state index contributed by atoms with van der Waals surface area (Å²) in [4.78, 5) is 12.8. The van der Waals surface area contributed by atoms with E-state index >= 15 is 0 Å². The summed E-state index contributed by atoms with van der Waals surface area (Å²) < 4.78 is 31.0. The first-order chi connectivity index (χ1) is 8.82. The van der Waals surface area contributed by atoms with Gasteiger partial charge in [-0.25, -0.2) is 13.2 Å². The Morgan fingerprint density at radius 2 is 2.11 bits per heavy atom. The molecule has 19 heavy (non-hydrogen) atoms. The molecular weight excluding hydrogens is 272 g/mol. The zero-order valence-electron chi connectivity index (χ0n) is 10.7. The van der Waals surface area contributed by atoms with Gasteiger partial charge >= 0.3 is 5.97 Å². The van der Waals surface area contributed by atoms with Crippen LogP contribution in [0.3, 0.4) is 0 Å². The van der Waals surface area contributed by atoms with Gasteiger partial charge in [0.05, 0.1) is 0 Å². The predicted molar refractivity (Wildman–Crippen MR) is 66.5 cm³/mol. The van der Waals surface area contributed by atoms with Crippen LogP contribution in [0.5, 0.6) is 0 Å². The van der Waals surface area contributed by atoms with Crippen LogP contribution in [0.1, 0.15) is 17.5 Å². The first kappa shape index (κ1) is 14.0. The lowest BCUT2D eigenvalue weighted by Gasteiger charge is -2.36. The van der Waals surface area contributed by atoms with Gasteiger partial charge in [0.1, 0.15) is 0 Å². The minimum atomic E-state index is -3.77. The van der Waals surface area contributed by atoms with E-state index in [1.807, 2.05) is 18.9 Å². The molecule has 0 spiro atoms. The van der Waals surface area contributed by atoms with Crippen LogP contribution in [0.15, 0.2) is 21.6 Å². The van der Waals surface area contributed by atoms with Gasteiger partial charge < -0.3 is 14.4 Å². The predicted octanol–water partition coefficient (Wildman–Crippen LogP) is 0.302. The van der Waals surface area contributed by atoms with E-state index in [4.69, 9.17) is 9.52 Å². The third-order valence-electron chi connectivity index (χ3n) is 3.12. The highest BCUT2D eigenvalue weighted by molar-refractivity contribution is 7.89. The van der Waals surface area contributed by atoms with Gasteiger partial charge in [0.25, 0.3) is 10.0 Å². The number of hydrogen-bond donors (Lipinski definition) is 1. The molecule has 8 heteroatoms. The molecule has 1 aromatic heterocycles. The van der Waals surface area contributed by atoms with E-state index in [9.17, 15) is 13.2 Å². The smallest absolute Gasteiger partial charge is 0.371 e. The molecule has 7 nitrogen and oxygen atoms in total. The number of carboxylic acids is 1. The van der Waals surface area contributed by atoms with E-state index in [2.05, 4.69) is 0 Å². The summed E-state index contributed by atoms with van der Waals surface area (Å²) in [5.74, 6) is -1.66. The summed E-state index contributed by atoms with van der Waals surface area (Å²) in [5, 5.41) is 8.43. The Morgan fingerprint density at radius 3 is 2.63 bits per heavy atom. The maximum atomic E-state index is 12.4. The van der Waals surface area contributed by atoms with Crippen molar-refractivity contribution in [3.63, 3.8) is 0 Å². The zero-order valence-corrected chi connectivity index (χ0v) is 11.6. The average Bonchev–Trinajstić information content (AvgIpc) is 2.78. The van der Waals surface area contributed by atoms with Crippen molar-refractivity contribution in [3.05, 3.63) is 17.9 Å². The van der Waals surface area contributed by atoms with E-state index in [1.54, 1.807) is 0 Å². The fraction of sp³-hybridized carbons (Fsp3) is 0.545. The van der Waals surface area contributed by atoms with Crippen LogP contribution in [0, 0.1) is 0 Å². The quantitative estimate of drug-likeness (QED) is 0.860. The van der Waals surface area contributed by atoms with Crippen LogP contribution in [0.25, 0.3) is 0 Å². The van der Waals surface area contributed by atoms with Crippen molar-refractivity contribution in [1.82, 2.24) is 9.21 Å². The number of carbonyl (C=O) groups is 1. The largest absolute Gasteiger partial charge is 0.475 e. The number of rotatable bonds is 3. The Kier molecular flexibility index (Phi) is 3.66. The molecule has 0 aromatic carbocycles. The van der Waals surface area contributed by atoms with Gasteiger partial charge in [-0.05, 0) is 26.1 Å². The van der Waals surface area contributed by atoms with E-state index < -0.39 is 16.0 Å². The molecule has 1 saturated heterocycles. The van der Waals surface area contributed by atoms with Gasteiger partial charge in [-0.15, -0.1) is 0 Å². The summed E-state index contributed by atoms with van der Waals surface area (Å²) in [7, 11) is -1.84. The first-order valence-electron chi connectivity index (χ1n) is 5.86. The fourth-order valence-electron chi connectivity index (χ4n) is 2.17. The van der Waals surface area contributed by atoms with Crippen LogP contribution in [-0.4, -0.2) is 61.4 Å². The highest BCUT2D eigenvalue weighted by atomic mass is 32.2. The van der Waals surface area contributed by atoms with Crippen LogP contribution in [0.4, 0.5) is 0 Å². The molecule has 0 saturated carbocycles. The highest BCUT2D eigenvalue weighted by Crippen LogP contribution is 2.22. The molecule has 2 rings (SSSR count). The Balaban J connectivity index is 2.28. The molecule has 1 aliphatic heterocycles. The second-order valence-electron chi connectivity index (χ2n) is 4.65. The van der Waals surface area contributed by atoms with E-state index in [0.29, 0.717) is 19.6 Å². The maximum absolute atomic E-state index is 12.4. The molecule has 1 atom stereocenters. The Hall–Kier alpha value is -1.38. The van der Waals surface area contributed by atoms with Gasteiger partial charge in [-0.1, -0.05) is 0 Å². The third kappa shape index (κ3) is 2.65. The van der Waals surface area contributed by atoms with Crippen molar-refractivity contribution in [2.75, 3.05) is 26.7 Å². The molecule has 1 aromatic rings. The first-order valence-corrected chi connectivity index (χ1v) is 7.30. The van der Waals surface area contributed by atoms with E-state index in [1.165, 1.54) is 10.4 Å². The maximum Gasteiger partial charge on any atom is 0.371 e. The monoisotopic (exact) mass is 288 g/mol. The fourth-order valence-corrected chi connectivity index (χ4v) is 3.70. The summed E-state index contributed by atoms with van der Waals surface area (Å²) in [6.45, 7) is 3.44. The van der Waals surface area contributed by atoms with E-state index in [-0.39, 0.29) is 16.9 Å². The third-order valence-corrected chi connectivity index (χ3v) is 5.01. The summed E-state index contributed by atoms with van der Waals surface area (Å²) in [6.07, 6.45) is 0. The van der Waals surface area contributed by atoms with Gasteiger partial charge in [-0.2, -0.15) is 4.31 Å². The number of piperazine rings is 1. The molecular formula is C11H16N2O5S. The topological polar surface area (TPSA) is 91.1 Å². The summed E-state index contributed by atoms with van der Waals surface area (Å²) in [6, 6.07) is 2.15. The second-order valence-corrected chi connectivity index (χ2v) is 6.47. The summed E-state index contributed by atoms with van der Waals surface area (Å²) in [5.41, 5.74) is 0. The lowest BCUT2D eigenvalue weighted by atomic mass is 10.2. The Bertz CT molecular complexity index is 580. The number of furan rings is 1. The normalized spacial score (nSPS) is 22.5. The number of aromatic carboxylic acids is 1. The lowest BCUT2D eigenvalue weighted by Crippen LogP contribution is -2.52. The van der Waals surface area contributed by atoms with Crippen molar-refractivity contribution < 1.29 is 22.7 Å². The Labute approximate surface area is 111 Å². The average molecular weight is 288 g/mol. The molecule has 0 amide bonds. The number of carboxylic acid groups (broad SMARTS) is 1. The number of sulfonamides is 1. The van der Waals surface area contributed by atoms with Crippen molar-refractivity contribution in [2.45, 2.75) is 18.1 Å². The number of hydrogen-bond acceptors (Lipinski definition) is 5. The molecule has 0 radical (unpaired) electrons. The van der Waals surface area contributed by atoms with Crippen LogP contribution in [0.2, 0.25) is 0 Å². The zero-order chi connectivity index (χ0) is 14.2. The SMILES string of the molecule is CC1CN(C)CCN1S(=O)(=O)c1ccc(C(=O)O)o1. The van der Waals surface area contributed by atoms with Crippen molar-refractivity contribution in [2.24, 2.45) is 0 Å². The molecule has 1 unspecified atom stereocenters. The standard InChI is InChI=1S/C11H16N2O5S/c1-8-7-12(2)5-6-13(8)19(16,17)10-4-3-9(18-10)11(14)15/h3-4,8H,5-7H2,1-2H3,(H,14,15). The lowest BCUT2D eigenvalue weighted by molar-refractivity contribution is 0.0656. The van der Waals surface area contributed by atoms with Crippen molar-refractivity contribution in [1.29, 1.82) is 0 Å². The van der Waals surface area contributed by atoms with Crippen molar-refractivity contribution in [3.8, 4) is 0 Å².